The van der Waals surface area contributed by atoms with Gasteiger partial charge >= 0.3 is 5.97 Å². The van der Waals surface area contributed by atoms with Gasteiger partial charge in [0.1, 0.15) is 0 Å². The van der Waals surface area contributed by atoms with Gasteiger partial charge < -0.3 is 15.0 Å². The van der Waals surface area contributed by atoms with Gasteiger partial charge in [0.15, 0.2) is 5.96 Å². The molecule has 1 aliphatic heterocycles. The Morgan fingerprint density at radius 3 is 2.83 bits per heavy atom. The monoisotopic (exact) mass is 337 g/mol. The minimum atomic E-state index is -0.0855. The van der Waals surface area contributed by atoms with Crippen LogP contribution in [0.4, 0.5) is 0 Å². The molecule has 0 bridgehead atoms. The molecule has 0 aromatic carbocycles. The number of esters is 1. The topological polar surface area (TPSA) is 53.9 Å². The highest BCUT2D eigenvalue weighted by Crippen LogP contribution is 2.20. The number of carbonyl (C=O) groups excluding carboxylic acids is 1. The Morgan fingerprint density at radius 1 is 1.52 bits per heavy atom. The van der Waals surface area contributed by atoms with Crippen LogP contribution < -0.4 is 5.32 Å². The van der Waals surface area contributed by atoms with E-state index in [0.29, 0.717) is 5.92 Å². The predicted molar refractivity (Wildman–Crippen MR) is 95.0 cm³/mol. The molecule has 5 nitrogen and oxygen atoms in total. The number of nitrogens with one attached hydrogen (secondary N) is 1. The van der Waals surface area contributed by atoms with Gasteiger partial charge in [0.05, 0.1) is 13.0 Å². The largest absolute Gasteiger partial charge is 0.469 e. The van der Waals surface area contributed by atoms with Gasteiger partial charge in [-0.3, -0.25) is 9.79 Å². The van der Waals surface area contributed by atoms with E-state index in [2.05, 4.69) is 40.9 Å². The number of ether oxygens (including phenoxy) is 1. The fourth-order valence-electron chi connectivity index (χ4n) is 2.80. The third-order valence-corrected chi connectivity index (χ3v) is 4.99. The van der Waals surface area contributed by atoms with Crippen molar-refractivity contribution in [3.63, 3.8) is 0 Å². The summed E-state index contributed by atoms with van der Waals surface area (Å²) in [7, 11) is 1.46. The number of guanidine groups is 1. The maximum Gasteiger partial charge on any atom is 0.308 e. The van der Waals surface area contributed by atoms with E-state index in [-0.39, 0.29) is 11.9 Å². The van der Waals surface area contributed by atoms with Crippen molar-refractivity contribution in [2.45, 2.75) is 32.6 Å². The third-order valence-electron chi connectivity index (χ3n) is 4.29. The number of rotatable bonds is 5. The number of piperidine rings is 1. The quantitative estimate of drug-likeness (QED) is 0.510. The first-order chi connectivity index (χ1) is 11.2. The molecule has 128 valence electrons. The smallest absolute Gasteiger partial charge is 0.308 e. The molecule has 1 saturated heterocycles. The lowest BCUT2D eigenvalue weighted by Crippen LogP contribution is -2.46. The standard InChI is InChI=1S/C17H27N3O2S/c1-4-18-17(19-11-13(2)15-7-10-23-12-15)20-8-5-14(6-9-20)16(21)22-3/h7,10,12-14H,4-6,8-9,11H2,1-3H3,(H,18,19). The van der Waals surface area contributed by atoms with Crippen molar-refractivity contribution in [3.8, 4) is 0 Å². The molecule has 1 N–H and O–H groups in total. The minimum Gasteiger partial charge on any atom is -0.469 e. The molecule has 1 unspecified atom stereocenters. The van der Waals surface area contributed by atoms with Crippen LogP contribution in [0, 0.1) is 5.92 Å². The van der Waals surface area contributed by atoms with Gasteiger partial charge in [-0.2, -0.15) is 11.3 Å². The number of methoxy groups -OCH3 is 1. The summed E-state index contributed by atoms with van der Waals surface area (Å²) < 4.78 is 4.85. The summed E-state index contributed by atoms with van der Waals surface area (Å²) in [5, 5.41) is 7.67. The second kappa shape index (κ2) is 8.91. The van der Waals surface area contributed by atoms with Gasteiger partial charge in [-0.15, -0.1) is 0 Å². The lowest BCUT2D eigenvalue weighted by molar-refractivity contribution is -0.146. The van der Waals surface area contributed by atoms with Crippen LogP contribution in [0.25, 0.3) is 0 Å². The van der Waals surface area contributed by atoms with Crippen LogP contribution in [0.5, 0.6) is 0 Å². The molecule has 0 spiro atoms. The molecular weight excluding hydrogens is 310 g/mol. The summed E-state index contributed by atoms with van der Waals surface area (Å²) in [5.74, 6) is 1.32. The van der Waals surface area contributed by atoms with Gasteiger partial charge in [0, 0.05) is 32.1 Å². The molecule has 1 aromatic heterocycles. The van der Waals surface area contributed by atoms with E-state index in [0.717, 1.165) is 45.0 Å². The molecule has 1 aromatic rings. The van der Waals surface area contributed by atoms with Crippen LogP contribution >= 0.6 is 11.3 Å². The molecule has 1 aliphatic rings. The van der Waals surface area contributed by atoms with E-state index in [9.17, 15) is 4.79 Å². The molecule has 2 rings (SSSR count). The molecule has 0 saturated carbocycles. The summed E-state index contributed by atoms with van der Waals surface area (Å²) in [5.41, 5.74) is 1.35. The Labute approximate surface area is 142 Å². The van der Waals surface area contributed by atoms with Crippen LogP contribution in [0.1, 0.15) is 38.2 Å². The van der Waals surface area contributed by atoms with Gasteiger partial charge in [0.2, 0.25) is 0 Å². The molecule has 1 atom stereocenters. The highest BCUT2D eigenvalue weighted by Gasteiger charge is 2.27. The summed E-state index contributed by atoms with van der Waals surface area (Å²) in [6.45, 7) is 7.60. The summed E-state index contributed by atoms with van der Waals surface area (Å²) in [4.78, 5) is 18.7. The number of hydrogen-bond acceptors (Lipinski definition) is 4. The molecule has 23 heavy (non-hydrogen) atoms. The number of aliphatic imine (C=N–C) groups is 1. The predicted octanol–water partition coefficient (Wildman–Crippen LogP) is 2.70. The lowest BCUT2D eigenvalue weighted by Gasteiger charge is -2.33. The number of nitrogens with zero attached hydrogens (tertiary/aromatic N) is 2. The molecule has 1 fully saturated rings. The van der Waals surface area contributed by atoms with Crippen molar-refractivity contribution in [3.05, 3.63) is 22.4 Å². The van der Waals surface area contributed by atoms with Crippen molar-refractivity contribution in [2.75, 3.05) is 33.3 Å². The van der Waals surface area contributed by atoms with Crippen molar-refractivity contribution < 1.29 is 9.53 Å². The average Bonchev–Trinajstić information content (AvgIpc) is 3.12. The van der Waals surface area contributed by atoms with E-state index in [1.54, 1.807) is 11.3 Å². The maximum atomic E-state index is 11.6. The normalized spacial score (nSPS) is 17.9. The second-order valence-electron chi connectivity index (χ2n) is 5.94. The van der Waals surface area contributed by atoms with E-state index in [1.165, 1.54) is 12.7 Å². The van der Waals surface area contributed by atoms with Gasteiger partial charge in [-0.25, -0.2) is 0 Å². The zero-order valence-corrected chi connectivity index (χ0v) is 15.1. The number of likely N-dealkylation sites (tertiary alicyclic amines) is 1. The molecule has 0 radical (unpaired) electrons. The van der Waals surface area contributed by atoms with Crippen molar-refractivity contribution in [1.29, 1.82) is 0 Å². The fraction of sp³-hybridized carbons (Fsp3) is 0.647. The zero-order chi connectivity index (χ0) is 16.7. The fourth-order valence-corrected chi connectivity index (χ4v) is 3.59. The number of carbonyl (C=O) groups is 1. The van der Waals surface area contributed by atoms with Gasteiger partial charge in [-0.1, -0.05) is 6.92 Å². The Morgan fingerprint density at radius 2 is 2.26 bits per heavy atom. The zero-order valence-electron chi connectivity index (χ0n) is 14.2. The highest BCUT2D eigenvalue weighted by atomic mass is 32.1. The van der Waals surface area contributed by atoms with Crippen molar-refractivity contribution >= 4 is 23.3 Å². The Balaban J connectivity index is 1.93. The third kappa shape index (κ3) is 4.96. The Hall–Kier alpha value is -1.56. The van der Waals surface area contributed by atoms with Crippen LogP contribution in [-0.4, -0.2) is 50.1 Å². The molecule has 0 aliphatic carbocycles. The number of hydrogen-bond donors (Lipinski definition) is 1. The van der Waals surface area contributed by atoms with Crippen molar-refractivity contribution in [1.82, 2.24) is 10.2 Å². The minimum absolute atomic E-state index is 0.0313. The van der Waals surface area contributed by atoms with Crippen LogP contribution in [0.2, 0.25) is 0 Å². The van der Waals surface area contributed by atoms with Crippen LogP contribution in [-0.2, 0) is 9.53 Å². The first kappa shape index (κ1) is 17.8. The average molecular weight is 337 g/mol. The van der Waals surface area contributed by atoms with Gasteiger partial charge in [-0.05, 0) is 42.2 Å². The summed E-state index contributed by atoms with van der Waals surface area (Å²) in [6, 6.07) is 2.17. The van der Waals surface area contributed by atoms with E-state index >= 15 is 0 Å². The van der Waals surface area contributed by atoms with Gasteiger partial charge in [0.25, 0.3) is 0 Å². The number of thiophene rings is 1. The SMILES string of the molecule is CCNC(=NCC(C)c1ccsc1)N1CCC(C(=O)OC)CC1. The highest BCUT2D eigenvalue weighted by molar-refractivity contribution is 7.07. The molecular formula is C17H27N3O2S. The Kier molecular flexibility index (Phi) is 6.89. The molecule has 6 heteroatoms. The maximum absolute atomic E-state index is 11.6. The van der Waals surface area contributed by atoms with E-state index < -0.39 is 0 Å². The summed E-state index contributed by atoms with van der Waals surface area (Å²) >= 11 is 1.73. The molecule has 0 amide bonds. The van der Waals surface area contributed by atoms with E-state index in [1.807, 2.05) is 0 Å². The first-order valence-electron chi connectivity index (χ1n) is 8.28. The second-order valence-corrected chi connectivity index (χ2v) is 6.72. The summed E-state index contributed by atoms with van der Waals surface area (Å²) in [6.07, 6.45) is 1.66. The lowest BCUT2D eigenvalue weighted by atomic mass is 9.97. The van der Waals surface area contributed by atoms with Crippen LogP contribution in [0.3, 0.4) is 0 Å². The van der Waals surface area contributed by atoms with E-state index in [4.69, 9.17) is 9.73 Å². The molecule has 2 heterocycles. The van der Waals surface area contributed by atoms with Crippen molar-refractivity contribution in [2.24, 2.45) is 10.9 Å². The Bertz CT molecular complexity index is 508. The van der Waals surface area contributed by atoms with Crippen LogP contribution in [0.15, 0.2) is 21.8 Å². The first-order valence-corrected chi connectivity index (χ1v) is 9.23.